The van der Waals surface area contributed by atoms with Gasteiger partial charge in [-0.3, -0.25) is 9.59 Å². The van der Waals surface area contributed by atoms with Gasteiger partial charge in [0.2, 0.25) is 5.91 Å². The Morgan fingerprint density at radius 1 is 1.04 bits per heavy atom. The first kappa shape index (κ1) is 17.7. The number of amides is 2. The van der Waals surface area contributed by atoms with Crippen LogP contribution in [0.1, 0.15) is 22.3 Å². The van der Waals surface area contributed by atoms with Gasteiger partial charge in [-0.2, -0.15) is 0 Å². The minimum Gasteiger partial charge on any atom is -0.351 e. The van der Waals surface area contributed by atoms with Crippen molar-refractivity contribution in [2.75, 3.05) is 13.1 Å². The van der Waals surface area contributed by atoms with Gasteiger partial charge in [0, 0.05) is 25.4 Å². The Hall–Kier alpha value is -2.67. The number of hydrogen-bond acceptors (Lipinski definition) is 4. The van der Waals surface area contributed by atoms with Crippen molar-refractivity contribution in [3.63, 3.8) is 0 Å². The number of nitrogens with zero attached hydrogens (tertiary/aromatic N) is 1. The number of benzene rings is 2. The second-order valence-electron chi connectivity index (χ2n) is 7.09. The molecule has 2 fully saturated rings. The molecule has 2 heterocycles. The van der Waals surface area contributed by atoms with Crippen LogP contribution < -0.4 is 5.32 Å². The lowest BCUT2D eigenvalue weighted by molar-refractivity contribution is -0.119. The highest BCUT2D eigenvalue weighted by Gasteiger charge is 2.42. The first-order valence-corrected chi connectivity index (χ1v) is 10.5. The van der Waals surface area contributed by atoms with Gasteiger partial charge < -0.3 is 10.2 Å². The van der Waals surface area contributed by atoms with Gasteiger partial charge in [0.15, 0.2) is 9.84 Å². The molecule has 2 aromatic carbocycles. The van der Waals surface area contributed by atoms with Gasteiger partial charge in [0.1, 0.15) is 0 Å². The SMILES string of the molecule is O=C1C[C@H]2CN(C(=O)c3ccccc3S(=O)(=O)Cc3ccccc3)C[C@H]2N1. The quantitative estimate of drug-likeness (QED) is 0.868. The Morgan fingerprint density at radius 3 is 2.48 bits per heavy atom. The Kier molecular flexibility index (Phi) is 4.47. The summed E-state index contributed by atoms with van der Waals surface area (Å²) in [5.74, 6) is -0.331. The van der Waals surface area contributed by atoms with Crippen LogP contribution in [0.2, 0.25) is 0 Å². The summed E-state index contributed by atoms with van der Waals surface area (Å²) in [6.45, 7) is 0.887. The van der Waals surface area contributed by atoms with E-state index in [4.69, 9.17) is 0 Å². The third-order valence-electron chi connectivity index (χ3n) is 5.17. The first-order chi connectivity index (χ1) is 12.9. The summed E-state index contributed by atoms with van der Waals surface area (Å²) in [5, 5.41) is 2.88. The molecule has 2 saturated heterocycles. The van der Waals surface area contributed by atoms with E-state index >= 15 is 0 Å². The molecule has 6 nitrogen and oxygen atoms in total. The molecule has 7 heteroatoms. The second-order valence-corrected chi connectivity index (χ2v) is 9.05. The number of rotatable bonds is 4. The highest BCUT2D eigenvalue weighted by molar-refractivity contribution is 7.90. The summed E-state index contributed by atoms with van der Waals surface area (Å²) in [7, 11) is -3.66. The molecule has 0 bridgehead atoms. The number of hydrogen-bond donors (Lipinski definition) is 1. The molecule has 1 N–H and O–H groups in total. The number of carbonyl (C=O) groups is 2. The molecule has 2 atom stereocenters. The van der Waals surface area contributed by atoms with Crippen molar-refractivity contribution in [3.05, 3.63) is 65.7 Å². The van der Waals surface area contributed by atoms with Gasteiger partial charge >= 0.3 is 0 Å². The molecule has 0 aromatic heterocycles. The average molecular weight is 384 g/mol. The van der Waals surface area contributed by atoms with Gasteiger partial charge in [0.05, 0.1) is 22.3 Å². The summed E-state index contributed by atoms with van der Waals surface area (Å²) >= 11 is 0. The Labute approximate surface area is 158 Å². The van der Waals surface area contributed by atoms with Gasteiger partial charge in [-0.1, -0.05) is 42.5 Å². The lowest BCUT2D eigenvalue weighted by atomic mass is 10.1. The van der Waals surface area contributed by atoms with Crippen LogP contribution in [0.15, 0.2) is 59.5 Å². The zero-order valence-corrected chi connectivity index (χ0v) is 15.5. The maximum atomic E-state index is 13.0. The Morgan fingerprint density at radius 2 is 1.74 bits per heavy atom. The fraction of sp³-hybridized carbons (Fsp3) is 0.300. The van der Waals surface area contributed by atoms with Crippen LogP contribution >= 0.6 is 0 Å². The van der Waals surface area contributed by atoms with Crippen molar-refractivity contribution in [1.82, 2.24) is 10.2 Å². The predicted molar refractivity (Wildman–Crippen MR) is 99.7 cm³/mol. The molecular formula is C20H20N2O4S. The van der Waals surface area contributed by atoms with Crippen molar-refractivity contribution in [2.24, 2.45) is 5.92 Å². The zero-order chi connectivity index (χ0) is 19.0. The van der Waals surface area contributed by atoms with E-state index in [9.17, 15) is 18.0 Å². The van der Waals surface area contributed by atoms with E-state index < -0.39 is 9.84 Å². The highest BCUT2D eigenvalue weighted by atomic mass is 32.2. The number of sulfone groups is 1. The topological polar surface area (TPSA) is 83.6 Å². The van der Waals surface area contributed by atoms with Crippen molar-refractivity contribution in [3.8, 4) is 0 Å². The van der Waals surface area contributed by atoms with Gasteiger partial charge in [-0.05, 0) is 17.7 Å². The van der Waals surface area contributed by atoms with E-state index in [2.05, 4.69) is 5.32 Å². The summed E-state index contributed by atoms with van der Waals surface area (Å²) in [6.07, 6.45) is 0.419. The van der Waals surface area contributed by atoms with Crippen LogP contribution in [0.4, 0.5) is 0 Å². The number of carbonyl (C=O) groups excluding carboxylic acids is 2. The van der Waals surface area contributed by atoms with Crippen molar-refractivity contribution in [1.29, 1.82) is 0 Å². The zero-order valence-electron chi connectivity index (χ0n) is 14.7. The summed E-state index contributed by atoms with van der Waals surface area (Å²) in [5.41, 5.74) is 0.873. The fourth-order valence-electron chi connectivity index (χ4n) is 3.87. The Balaban J connectivity index is 1.60. The molecule has 4 rings (SSSR count). The molecule has 140 valence electrons. The average Bonchev–Trinajstić information content (AvgIpc) is 3.19. The van der Waals surface area contributed by atoms with Gasteiger partial charge in [-0.25, -0.2) is 8.42 Å². The monoisotopic (exact) mass is 384 g/mol. The molecule has 27 heavy (non-hydrogen) atoms. The number of likely N-dealkylation sites (tertiary alicyclic amines) is 1. The normalized spacial score (nSPS) is 21.8. The standard InChI is InChI=1S/C20H20N2O4S/c23-19-10-15-11-22(12-17(15)21-19)20(24)16-8-4-5-9-18(16)27(25,26)13-14-6-2-1-3-7-14/h1-9,15,17H,10-13H2,(H,21,23)/t15-,17+/m0/s1. The van der Waals surface area contributed by atoms with Gasteiger partial charge in [0.25, 0.3) is 5.91 Å². The molecule has 2 amide bonds. The van der Waals surface area contributed by atoms with E-state index in [1.165, 1.54) is 6.07 Å². The van der Waals surface area contributed by atoms with E-state index in [-0.39, 0.29) is 40.0 Å². The first-order valence-electron chi connectivity index (χ1n) is 8.88. The molecular weight excluding hydrogens is 364 g/mol. The van der Waals surface area contributed by atoms with Crippen LogP contribution in [0, 0.1) is 5.92 Å². The van der Waals surface area contributed by atoms with Crippen LogP contribution in [-0.2, 0) is 20.4 Å². The maximum Gasteiger partial charge on any atom is 0.255 e. The molecule has 0 unspecified atom stereocenters. The number of nitrogens with one attached hydrogen (secondary N) is 1. The van der Waals surface area contributed by atoms with E-state index in [0.29, 0.717) is 25.1 Å². The molecule has 0 aliphatic carbocycles. The lowest BCUT2D eigenvalue weighted by Gasteiger charge is -2.19. The summed E-state index contributed by atoms with van der Waals surface area (Å²) < 4.78 is 25.9. The number of fused-ring (bicyclic) bond motifs is 1. The van der Waals surface area contributed by atoms with Crippen LogP contribution in [0.3, 0.4) is 0 Å². The van der Waals surface area contributed by atoms with Crippen LogP contribution in [-0.4, -0.2) is 44.3 Å². The molecule has 2 aliphatic rings. The maximum absolute atomic E-state index is 13.0. The highest BCUT2D eigenvalue weighted by Crippen LogP contribution is 2.28. The summed E-state index contributed by atoms with van der Waals surface area (Å²) in [6, 6.07) is 15.3. The molecule has 0 spiro atoms. The van der Waals surface area contributed by atoms with Crippen molar-refractivity contribution >= 4 is 21.7 Å². The van der Waals surface area contributed by atoms with Gasteiger partial charge in [-0.15, -0.1) is 0 Å². The fourth-order valence-corrected chi connectivity index (χ4v) is 5.43. The van der Waals surface area contributed by atoms with Crippen LogP contribution in [0.25, 0.3) is 0 Å². The largest absolute Gasteiger partial charge is 0.351 e. The minimum absolute atomic E-state index is 0.0166. The third-order valence-corrected chi connectivity index (χ3v) is 6.91. The third kappa shape index (κ3) is 3.47. The predicted octanol–water partition coefficient (Wildman–Crippen LogP) is 1.62. The smallest absolute Gasteiger partial charge is 0.255 e. The second kappa shape index (κ2) is 6.81. The van der Waals surface area contributed by atoms with E-state index in [1.807, 2.05) is 6.07 Å². The van der Waals surface area contributed by atoms with Crippen molar-refractivity contribution in [2.45, 2.75) is 23.1 Å². The molecule has 0 radical (unpaired) electrons. The molecule has 0 saturated carbocycles. The van der Waals surface area contributed by atoms with E-state index in [0.717, 1.165) is 0 Å². The minimum atomic E-state index is -3.66. The molecule has 2 aliphatic heterocycles. The van der Waals surface area contributed by atoms with Crippen molar-refractivity contribution < 1.29 is 18.0 Å². The lowest BCUT2D eigenvalue weighted by Crippen LogP contribution is -2.36. The van der Waals surface area contributed by atoms with Crippen LogP contribution in [0.5, 0.6) is 0 Å². The molecule has 2 aromatic rings. The van der Waals surface area contributed by atoms with E-state index in [1.54, 1.807) is 47.4 Å². The Bertz CT molecular complexity index is 972. The summed E-state index contributed by atoms with van der Waals surface area (Å²) in [4.78, 5) is 26.2.